The number of rotatable bonds is 5. The lowest BCUT2D eigenvalue weighted by molar-refractivity contribution is -0.127. The van der Waals surface area contributed by atoms with Crippen LogP contribution in [0, 0.1) is 0 Å². The molecule has 0 bridgehead atoms. The summed E-state index contributed by atoms with van der Waals surface area (Å²) in [7, 11) is 3.59. The predicted molar refractivity (Wildman–Crippen MR) is 38.1 cm³/mol. The van der Waals surface area contributed by atoms with Crippen molar-refractivity contribution in [3.05, 3.63) is 0 Å². The third kappa shape index (κ3) is 7.39. The summed E-state index contributed by atoms with van der Waals surface area (Å²) < 4.78 is 0. The van der Waals surface area contributed by atoms with Gasteiger partial charge < -0.3 is 5.73 Å². The number of hydrogen-bond donors (Lipinski definition) is 1. The first-order chi connectivity index (χ1) is 4.63. The molecule has 0 spiro atoms. The Morgan fingerprint density at radius 3 is 2.60 bits per heavy atom. The van der Waals surface area contributed by atoms with Crippen molar-refractivity contribution in [3.8, 4) is 0 Å². The summed E-state index contributed by atoms with van der Waals surface area (Å²) in [4.78, 5) is 15.2. The SMILES string of the molecule is CN(C)OCCCC(N)=O. The minimum absolute atomic E-state index is 0.276. The summed E-state index contributed by atoms with van der Waals surface area (Å²) >= 11 is 0. The molecule has 0 aliphatic rings. The molecule has 60 valence electrons. The highest BCUT2D eigenvalue weighted by Crippen LogP contribution is 1.89. The summed E-state index contributed by atoms with van der Waals surface area (Å²) in [6, 6.07) is 0. The smallest absolute Gasteiger partial charge is 0.217 e. The molecule has 0 saturated heterocycles. The van der Waals surface area contributed by atoms with Gasteiger partial charge in [-0.1, -0.05) is 0 Å². The average Bonchev–Trinajstić information content (AvgIpc) is 1.79. The van der Waals surface area contributed by atoms with Gasteiger partial charge in [0.1, 0.15) is 0 Å². The van der Waals surface area contributed by atoms with Crippen molar-refractivity contribution < 1.29 is 9.63 Å². The Morgan fingerprint density at radius 2 is 2.20 bits per heavy atom. The summed E-state index contributed by atoms with van der Waals surface area (Å²) in [5.41, 5.74) is 4.90. The topological polar surface area (TPSA) is 55.6 Å². The molecule has 0 aromatic heterocycles. The molecule has 0 aromatic carbocycles. The normalized spacial score (nSPS) is 10.3. The molecular weight excluding hydrogens is 132 g/mol. The largest absolute Gasteiger partial charge is 0.370 e. The molecule has 1 amide bonds. The molecule has 10 heavy (non-hydrogen) atoms. The highest BCUT2D eigenvalue weighted by atomic mass is 16.7. The first-order valence-corrected chi connectivity index (χ1v) is 3.21. The maximum Gasteiger partial charge on any atom is 0.217 e. The van der Waals surface area contributed by atoms with Crippen LogP contribution in [0.3, 0.4) is 0 Å². The summed E-state index contributed by atoms with van der Waals surface area (Å²) in [5.74, 6) is -0.276. The minimum Gasteiger partial charge on any atom is -0.370 e. The van der Waals surface area contributed by atoms with E-state index in [2.05, 4.69) is 0 Å². The molecule has 0 aliphatic carbocycles. The lowest BCUT2D eigenvalue weighted by Crippen LogP contribution is -2.16. The number of carbonyl (C=O) groups is 1. The average molecular weight is 146 g/mol. The number of amides is 1. The highest BCUT2D eigenvalue weighted by Gasteiger charge is 1.94. The third-order valence-electron chi connectivity index (χ3n) is 0.917. The first-order valence-electron chi connectivity index (χ1n) is 3.21. The van der Waals surface area contributed by atoms with Crippen LogP contribution in [-0.4, -0.2) is 31.7 Å². The van der Waals surface area contributed by atoms with Crippen molar-refractivity contribution >= 4 is 5.91 Å². The molecule has 0 atom stereocenters. The number of nitrogens with two attached hydrogens (primary N) is 1. The van der Waals surface area contributed by atoms with Crippen LogP contribution >= 0.6 is 0 Å². The molecule has 0 aliphatic heterocycles. The van der Waals surface area contributed by atoms with Gasteiger partial charge in [-0.2, -0.15) is 5.06 Å². The van der Waals surface area contributed by atoms with Gasteiger partial charge in [0, 0.05) is 20.5 Å². The van der Waals surface area contributed by atoms with E-state index in [1.54, 1.807) is 19.2 Å². The number of hydroxylamine groups is 2. The van der Waals surface area contributed by atoms with Gasteiger partial charge >= 0.3 is 0 Å². The Kier molecular flexibility index (Phi) is 4.88. The molecule has 0 radical (unpaired) electrons. The van der Waals surface area contributed by atoms with E-state index in [-0.39, 0.29) is 5.91 Å². The van der Waals surface area contributed by atoms with Crippen LogP contribution in [0.15, 0.2) is 0 Å². The van der Waals surface area contributed by atoms with Crippen molar-refractivity contribution in [1.29, 1.82) is 0 Å². The van der Waals surface area contributed by atoms with Crippen molar-refractivity contribution in [3.63, 3.8) is 0 Å². The molecule has 0 aromatic rings. The second kappa shape index (κ2) is 5.20. The summed E-state index contributed by atoms with van der Waals surface area (Å²) in [5, 5.41) is 1.60. The Bertz CT molecular complexity index is 104. The maximum atomic E-state index is 10.2. The maximum absolute atomic E-state index is 10.2. The zero-order valence-corrected chi connectivity index (χ0v) is 6.46. The number of nitrogens with zero attached hydrogens (tertiary/aromatic N) is 1. The van der Waals surface area contributed by atoms with E-state index in [0.717, 1.165) is 0 Å². The highest BCUT2D eigenvalue weighted by molar-refractivity contribution is 5.73. The molecule has 0 saturated carbocycles. The minimum atomic E-state index is -0.276. The fraction of sp³-hybridized carbons (Fsp3) is 0.833. The fourth-order valence-corrected chi connectivity index (χ4v) is 0.494. The van der Waals surface area contributed by atoms with Crippen molar-refractivity contribution in [1.82, 2.24) is 5.06 Å². The zero-order chi connectivity index (χ0) is 7.98. The van der Waals surface area contributed by atoms with Gasteiger partial charge in [-0.15, -0.1) is 0 Å². The number of hydrogen-bond acceptors (Lipinski definition) is 3. The van der Waals surface area contributed by atoms with Crippen molar-refractivity contribution in [2.75, 3.05) is 20.7 Å². The summed E-state index contributed by atoms with van der Waals surface area (Å²) in [6.45, 7) is 0.552. The predicted octanol–water partition coefficient (Wildman–Crippen LogP) is -0.255. The van der Waals surface area contributed by atoms with Crippen LogP contribution in [0.1, 0.15) is 12.8 Å². The van der Waals surface area contributed by atoms with E-state index < -0.39 is 0 Å². The van der Waals surface area contributed by atoms with Crippen LogP contribution in [0.25, 0.3) is 0 Å². The summed E-state index contributed by atoms with van der Waals surface area (Å²) in [6.07, 6.45) is 1.08. The molecule has 0 fully saturated rings. The molecule has 0 rings (SSSR count). The second-order valence-electron chi connectivity index (χ2n) is 2.22. The second-order valence-corrected chi connectivity index (χ2v) is 2.22. The fourth-order valence-electron chi connectivity index (χ4n) is 0.494. The van der Waals surface area contributed by atoms with E-state index in [1.165, 1.54) is 0 Å². The number of carbonyl (C=O) groups excluding carboxylic acids is 1. The van der Waals surface area contributed by atoms with Gasteiger partial charge in [0.05, 0.1) is 6.61 Å². The lowest BCUT2D eigenvalue weighted by Gasteiger charge is -2.08. The van der Waals surface area contributed by atoms with Crippen LogP contribution in [0.4, 0.5) is 0 Å². The molecule has 4 heteroatoms. The van der Waals surface area contributed by atoms with E-state index >= 15 is 0 Å². The van der Waals surface area contributed by atoms with Crippen LogP contribution in [-0.2, 0) is 9.63 Å². The van der Waals surface area contributed by atoms with Crippen LogP contribution in [0.2, 0.25) is 0 Å². The zero-order valence-electron chi connectivity index (χ0n) is 6.46. The quantitative estimate of drug-likeness (QED) is 0.429. The van der Waals surface area contributed by atoms with Gasteiger partial charge in [-0.05, 0) is 6.42 Å². The van der Waals surface area contributed by atoms with Gasteiger partial charge in [-0.3, -0.25) is 9.63 Å². The van der Waals surface area contributed by atoms with E-state index in [9.17, 15) is 4.79 Å². The molecule has 0 unspecified atom stereocenters. The Morgan fingerprint density at radius 1 is 1.60 bits per heavy atom. The molecule has 4 nitrogen and oxygen atoms in total. The molecule has 2 N–H and O–H groups in total. The molecular formula is C6H14N2O2. The monoisotopic (exact) mass is 146 g/mol. The lowest BCUT2D eigenvalue weighted by atomic mass is 10.3. The van der Waals surface area contributed by atoms with Crippen LogP contribution in [0.5, 0.6) is 0 Å². The first kappa shape index (κ1) is 9.39. The van der Waals surface area contributed by atoms with Crippen LogP contribution < -0.4 is 5.73 Å². The van der Waals surface area contributed by atoms with Gasteiger partial charge in [-0.25, -0.2) is 0 Å². The standard InChI is InChI=1S/C6H14N2O2/c1-8(2)10-5-3-4-6(7)9/h3-5H2,1-2H3,(H2,7,9). The van der Waals surface area contributed by atoms with E-state index in [4.69, 9.17) is 10.6 Å². The number of primary amides is 1. The van der Waals surface area contributed by atoms with E-state index in [0.29, 0.717) is 19.4 Å². The Hall–Kier alpha value is -0.610. The van der Waals surface area contributed by atoms with Gasteiger partial charge in [0.15, 0.2) is 0 Å². The molecule has 0 heterocycles. The van der Waals surface area contributed by atoms with Gasteiger partial charge in [0.25, 0.3) is 0 Å². The Balaban J connectivity index is 2.98. The Labute approximate surface area is 60.9 Å². The van der Waals surface area contributed by atoms with Crippen molar-refractivity contribution in [2.24, 2.45) is 5.73 Å². The third-order valence-corrected chi connectivity index (χ3v) is 0.917. The van der Waals surface area contributed by atoms with E-state index in [1.807, 2.05) is 0 Å². The van der Waals surface area contributed by atoms with Crippen molar-refractivity contribution in [2.45, 2.75) is 12.8 Å². The van der Waals surface area contributed by atoms with Gasteiger partial charge in [0.2, 0.25) is 5.91 Å².